The Balaban J connectivity index is 2.50. The molecule has 0 fully saturated rings. The monoisotopic (exact) mass is 345 g/mol. The molecular weight excluding hydrogens is 330 g/mol. The standard InChI is InChI=1S/C13H16BrNO3S/c1-9(16)15-12(13(17)18-2)8-19-7-10-5-3-4-6-11(10)14/h3-6,12H,7-8H2,1-2H3,(H,15,16)/t12-/m0/s1. The number of amides is 1. The first-order valence-corrected chi connectivity index (χ1v) is 7.65. The topological polar surface area (TPSA) is 55.4 Å². The smallest absolute Gasteiger partial charge is 0.329 e. The Kier molecular flexibility index (Phi) is 6.94. The third-order valence-corrected chi connectivity index (χ3v) is 4.22. The van der Waals surface area contributed by atoms with Crippen LogP contribution in [-0.2, 0) is 20.1 Å². The van der Waals surface area contributed by atoms with Crippen molar-refractivity contribution in [1.82, 2.24) is 5.32 Å². The van der Waals surface area contributed by atoms with E-state index < -0.39 is 12.0 Å². The number of carbonyl (C=O) groups is 2. The molecular formula is C13H16BrNO3S. The number of hydrogen-bond acceptors (Lipinski definition) is 4. The molecule has 0 aromatic heterocycles. The van der Waals surface area contributed by atoms with Gasteiger partial charge in [-0.3, -0.25) is 4.79 Å². The second-order valence-electron chi connectivity index (χ2n) is 3.88. The van der Waals surface area contributed by atoms with E-state index in [0.29, 0.717) is 5.75 Å². The van der Waals surface area contributed by atoms with Gasteiger partial charge in [-0.2, -0.15) is 11.8 Å². The number of benzene rings is 1. The van der Waals surface area contributed by atoms with Crippen molar-refractivity contribution in [3.8, 4) is 0 Å². The zero-order valence-electron chi connectivity index (χ0n) is 10.8. The number of esters is 1. The fourth-order valence-electron chi connectivity index (χ4n) is 1.46. The fraction of sp³-hybridized carbons (Fsp3) is 0.385. The molecule has 0 aliphatic rings. The van der Waals surface area contributed by atoms with Gasteiger partial charge in [-0.05, 0) is 11.6 Å². The van der Waals surface area contributed by atoms with Gasteiger partial charge >= 0.3 is 5.97 Å². The molecule has 0 bridgehead atoms. The quantitative estimate of drug-likeness (QED) is 0.804. The lowest BCUT2D eigenvalue weighted by atomic mass is 10.2. The molecule has 1 atom stereocenters. The minimum atomic E-state index is -0.602. The van der Waals surface area contributed by atoms with Crippen molar-refractivity contribution in [3.05, 3.63) is 34.3 Å². The molecule has 0 heterocycles. The molecule has 104 valence electrons. The SMILES string of the molecule is COC(=O)[C@H](CSCc1ccccc1Br)NC(C)=O. The highest BCUT2D eigenvalue weighted by Gasteiger charge is 2.19. The van der Waals surface area contributed by atoms with E-state index >= 15 is 0 Å². The Morgan fingerprint density at radius 2 is 2.11 bits per heavy atom. The molecule has 1 amide bonds. The summed E-state index contributed by atoms with van der Waals surface area (Å²) in [6.07, 6.45) is 0. The van der Waals surface area contributed by atoms with Gasteiger partial charge in [0.2, 0.25) is 5.91 Å². The first kappa shape index (κ1) is 16.0. The summed E-state index contributed by atoms with van der Waals surface area (Å²) in [5.41, 5.74) is 1.15. The van der Waals surface area contributed by atoms with Gasteiger partial charge in [0.1, 0.15) is 6.04 Å². The summed E-state index contributed by atoms with van der Waals surface area (Å²) in [7, 11) is 1.32. The van der Waals surface area contributed by atoms with E-state index in [2.05, 4.69) is 26.0 Å². The summed E-state index contributed by atoms with van der Waals surface area (Å²) in [5.74, 6) is 0.578. The highest BCUT2D eigenvalue weighted by molar-refractivity contribution is 9.10. The number of rotatable bonds is 6. The molecule has 0 spiro atoms. The zero-order chi connectivity index (χ0) is 14.3. The largest absolute Gasteiger partial charge is 0.467 e. The average molecular weight is 346 g/mol. The maximum Gasteiger partial charge on any atom is 0.329 e. The van der Waals surface area contributed by atoms with Crippen LogP contribution in [-0.4, -0.2) is 30.8 Å². The summed E-state index contributed by atoms with van der Waals surface area (Å²) >= 11 is 5.04. The van der Waals surface area contributed by atoms with Crippen LogP contribution < -0.4 is 5.32 Å². The molecule has 1 N–H and O–H groups in total. The number of nitrogens with one attached hydrogen (secondary N) is 1. The summed E-state index contributed by atoms with van der Waals surface area (Å²) in [5, 5.41) is 2.59. The molecule has 0 saturated heterocycles. The van der Waals surface area contributed by atoms with Gasteiger partial charge in [0.25, 0.3) is 0 Å². The Morgan fingerprint density at radius 3 is 2.68 bits per heavy atom. The maximum atomic E-state index is 11.5. The van der Waals surface area contributed by atoms with Crippen molar-refractivity contribution >= 4 is 39.6 Å². The summed E-state index contributed by atoms with van der Waals surface area (Å²) in [6, 6.07) is 7.30. The lowest BCUT2D eigenvalue weighted by Gasteiger charge is -2.15. The van der Waals surface area contributed by atoms with Gasteiger partial charge in [-0.1, -0.05) is 34.1 Å². The van der Waals surface area contributed by atoms with Gasteiger partial charge in [-0.15, -0.1) is 0 Å². The molecule has 0 aliphatic heterocycles. The predicted molar refractivity (Wildman–Crippen MR) is 79.9 cm³/mol. The molecule has 1 rings (SSSR count). The minimum absolute atomic E-state index is 0.239. The Hall–Kier alpha value is -1.01. The number of thioether (sulfide) groups is 1. The highest BCUT2D eigenvalue weighted by atomic mass is 79.9. The lowest BCUT2D eigenvalue weighted by Crippen LogP contribution is -2.42. The van der Waals surface area contributed by atoms with Crippen LogP contribution in [0.15, 0.2) is 28.7 Å². The van der Waals surface area contributed by atoms with Crippen LogP contribution in [0, 0.1) is 0 Å². The third-order valence-electron chi connectivity index (χ3n) is 2.36. The lowest BCUT2D eigenvalue weighted by molar-refractivity contribution is -0.144. The molecule has 6 heteroatoms. The van der Waals surface area contributed by atoms with E-state index in [-0.39, 0.29) is 5.91 Å². The van der Waals surface area contributed by atoms with E-state index in [1.807, 2.05) is 24.3 Å². The van der Waals surface area contributed by atoms with Crippen molar-refractivity contribution in [1.29, 1.82) is 0 Å². The predicted octanol–water partition coefficient (Wildman–Crippen LogP) is 2.36. The number of ether oxygens (including phenoxy) is 1. The summed E-state index contributed by atoms with van der Waals surface area (Å²) < 4.78 is 5.70. The third kappa shape index (κ3) is 5.65. The minimum Gasteiger partial charge on any atom is -0.467 e. The van der Waals surface area contributed by atoms with E-state index in [1.165, 1.54) is 14.0 Å². The van der Waals surface area contributed by atoms with E-state index in [9.17, 15) is 9.59 Å². The summed E-state index contributed by atoms with van der Waals surface area (Å²) in [4.78, 5) is 22.5. The van der Waals surface area contributed by atoms with Crippen LogP contribution in [0.4, 0.5) is 0 Å². The Labute approximate surface area is 125 Å². The first-order chi connectivity index (χ1) is 9.04. The van der Waals surface area contributed by atoms with Crippen LogP contribution in [0.1, 0.15) is 12.5 Å². The molecule has 0 unspecified atom stereocenters. The molecule has 4 nitrogen and oxygen atoms in total. The van der Waals surface area contributed by atoms with Crippen LogP contribution in [0.3, 0.4) is 0 Å². The van der Waals surface area contributed by atoms with Crippen molar-refractivity contribution in [2.75, 3.05) is 12.9 Å². The van der Waals surface area contributed by atoms with Gasteiger partial charge < -0.3 is 10.1 Å². The van der Waals surface area contributed by atoms with E-state index in [4.69, 9.17) is 0 Å². The number of halogens is 1. The van der Waals surface area contributed by atoms with Crippen LogP contribution in [0.5, 0.6) is 0 Å². The Morgan fingerprint density at radius 1 is 1.42 bits per heavy atom. The zero-order valence-corrected chi connectivity index (χ0v) is 13.2. The fourth-order valence-corrected chi connectivity index (χ4v) is 3.11. The molecule has 0 radical (unpaired) electrons. The van der Waals surface area contributed by atoms with Crippen LogP contribution >= 0.6 is 27.7 Å². The van der Waals surface area contributed by atoms with Crippen molar-refractivity contribution in [2.45, 2.75) is 18.7 Å². The van der Waals surface area contributed by atoms with E-state index in [0.717, 1.165) is 15.8 Å². The maximum absolute atomic E-state index is 11.5. The molecule has 0 saturated carbocycles. The van der Waals surface area contributed by atoms with Crippen LogP contribution in [0.25, 0.3) is 0 Å². The number of carbonyl (C=O) groups excluding carboxylic acids is 2. The number of methoxy groups -OCH3 is 1. The van der Waals surface area contributed by atoms with E-state index in [1.54, 1.807) is 11.8 Å². The van der Waals surface area contributed by atoms with Gasteiger partial charge in [0, 0.05) is 22.9 Å². The van der Waals surface area contributed by atoms with Crippen molar-refractivity contribution < 1.29 is 14.3 Å². The van der Waals surface area contributed by atoms with Crippen LogP contribution in [0.2, 0.25) is 0 Å². The molecule has 0 aliphatic carbocycles. The second-order valence-corrected chi connectivity index (χ2v) is 5.77. The van der Waals surface area contributed by atoms with Gasteiger partial charge in [-0.25, -0.2) is 4.79 Å². The highest BCUT2D eigenvalue weighted by Crippen LogP contribution is 2.21. The second kappa shape index (κ2) is 8.22. The van der Waals surface area contributed by atoms with Crippen molar-refractivity contribution in [3.63, 3.8) is 0 Å². The van der Waals surface area contributed by atoms with Gasteiger partial charge in [0.15, 0.2) is 0 Å². The van der Waals surface area contributed by atoms with Gasteiger partial charge in [0.05, 0.1) is 7.11 Å². The molecule has 19 heavy (non-hydrogen) atoms. The van der Waals surface area contributed by atoms with Crippen molar-refractivity contribution in [2.24, 2.45) is 0 Å². The first-order valence-electron chi connectivity index (χ1n) is 5.70. The summed E-state index contributed by atoms with van der Waals surface area (Å²) in [6.45, 7) is 1.38. The normalized spacial score (nSPS) is 11.7. The molecule has 1 aromatic carbocycles. The average Bonchev–Trinajstić information content (AvgIpc) is 2.38. The Bertz CT molecular complexity index is 453. The molecule has 1 aromatic rings. The number of hydrogen-bond donors (Lipinski definition) is 1.